The molecule has 1 amide bonds. The van der Waals surface area contributed by atoms with Gasteiger partial charge in [-0.1, -0.05) is 17.8 Å². The summed E-state index contributed by atoms with van der Waals surface area (Å²) in [5.41, 5.74) is 2.06. The Morgan fingerprint density at radius 2 is 2.47 bits per heavy atom. The fourth-order valence-electron chi connectivity index (χ4n) is 1.07. The topological polar surface area (TPSA) is 94.0 Å². The number of nitrogens with zero attached hydrogens (tertiary/aromatic N) is 2. The van der Waals surface area contributed by atoms with Crippen LogP contribution in [0.4, 0.5) is 0 Å². The standard InChI is InChI=1S/C9H10N4O2S2/c10-11-7(14)3-5-17-9-13-12-8(15-9)6-2-1-4-16-6/h1-2,4H,3,5,10H2,(H,11,14). The summed E-state index contributed by atoms with van der Waals surface area (Å²) in [6.45, 7) is 0. The van der Waals surface area contributed by atoms with Crippen LogP contribution >= 0.6 is 23.1 Å². The van der Waals surface area contributed by atoms with E-state index in [1.54, 1.807) is 0 Å². The van der Waals surface area contributed by atoms with Gasteiger partial charge in [-0.05, 0) is 11.4 Å². The summed E-state index contributed by atoms with van der Waals surface area (Å²) in [6, 6.07) is 3.83. The quantitative estimate of drug-likeness (QED) is 0.368. The zero-order valence-corrected chi connectivity index (χ0v) is 10.4. The van der Waals surface area contributed by atoms with Crippen molar-refractivity contribution in [1.82, 2.24) is 15.6 Å². The van der Waals surface area contributed by atoms with E-state index in [0.717, 1.165) is 4.88 Å². The molecular formula is C9H10N4O2S2. The van der Waals surface area contributed by atoms with Gasteiger partial charge in [0.25, 0.3) is 11.1 Å². The number of aromatic nitrogens is 2. The van der Waals surface area contributed by atoms with Gasteiger partial charge in [0.1, 0.15) is 0 Å². The number of hydrogen-bond donors (Lipinski definition) is 2. The first-order valence-electron chi connectivity index (χ1n) is 4.79. The van der Waals surface area contributed by atoms with Gasteiger partial charge in [0.2, 0.25) is 5.91 Å². The monoisotopic (exact) mass is 270 g/mol. The van der Waals surface area contributed by atoms with E-state index in [-0.39, 0.29) is 5.91 Å². The van der Waals surface area contributed by atoms with E-state index in [1.165, 1.54) is 23.1 Å². The van der Waals surface area contributed by atoms with Crippen LogP contribution in [0.3, 0.4) is 0 Å². The van der Waals surface area contributed by atoms with E-state index in [2.05, 4.69) is 15.6 Å². The summed E-state index contributed by atoms with van der Waals surface area (Å²) < 4.78 is 5.43. The highest BCUT2D eigenvalue weighted by Crippen LogP contribution is 2.26. The number of amides is 1. The van der Waals surface area contributed by atoms with Crippen molar-refractivity contribution in [3.8, 4) is 10.8 Å². The molecule has 2 aromatic rings. The average molecular weight is 270 g/mol. The minimum Gasteiger partial charge on any atom is -0.410 e. The summed E-state index contributed by atoms with van der Waals surface area (Å²) in [7, 11) is 0. The van der Waals surface area contributed by atoms with Crippen LogP contribution in [0.25, 0.3) is 10.8 Å². The van der Waals surface area contributed by atoms with Crippen molar-refractivity contribution in [2.75, 3.05) is 5.75 Å². The second kappa shape index (κ2) is 5.80. The number of thiophene rings is 1. The summed E-state index contributed by atoms with van der Waals surface area (Å²) >= 11 is 2.87. The molecule has 2 rings (SSSR count). The first kappa shape index (κ1) is 12.1. The largest absolute Gasteiger partial charge is 0.410 e. The van der Waals surface area contributed by atoms with Crippen molar-refractivity contribution in [3.05, 3.63) is 17.5 Å². The molecule has 0 atom stereocenters. The van der Waals surface area contributed by atoms with Gasteiger partial charge in [0.05, 0.1) is 4.88 Å². The van der Waals surface area contributed by atoms with Gasteiger partial charge in [-0.2, -0.15) is 0 Å². The highest BCUT2D eigenvalue weighted by Gasteiger charge is 2.10. The van der Waals surface area contributed by atoms with Crippen LogP contribution in [0.2, 0.25) is 0 Å². The van der Waals surface area contributed by atoms with Crippen LogP contribution in [0.15, 0.2) is 27.2 Å². The van der Waals surface area contributed by atoms with Crippen LogP contribution in [0.5, 0.6) is 0 Å². The molecule has 0 radical (unpaired) electrons. The van der Waals surface area contributed by atoms with Crippen LogP contribution < -0.4 is 11.3 Å². The number of hydrazine groups is 1. The first-order valence-corrected chi connectivity index (χ1v) is 6.66. The summed E-state index contributed by atoms with van der Waals surface area (Å²) in [5.74, 6) is 5.80. The molecule has 0 spiro atoms. The normalized spacial score (nSPS) is 10.4. The highest BCUT2D eigenvalue weighted by molar-refractivity contribution is 7.99. The minimum absolute atomic E-state index is 0.213. The van der Waals surface area contributed by atoms with Crippen LogP contribution in [-0.4, -0.2) is 21.9 Å². The van der Waals surface area contributed by atoms with E-state index in [1.807, 2.05) is 17.5 Å². The van der Waals surface area contributed by atoms with Crippen LogP contribution in [0, 0.1) is 0 Å². The number of nitrogens with one attached hydrogen (secondary N) is 1. The van der Waals surface area contributed by atoms with Crippen molar-refractivity contribution in [3.63, 3.8) is 0 Å². The Bertz CT molecular complexity index is 483. The lowest BCUT2D eigenvalue weighted by Crippen LogP contribution is -2.30. The Morgan fingerprint density at radius 3 is 3.18 bits per heavy atom. The SMILES string of the molecule is NNC(=O)CCSc1nnc(-c2cccs2)o1. The van der Waals surface area contributed by atoms with E-state index in [4.69, 9.17) is 10.3 Å². The van der Waals surface area contributed by atoms with Crippen molar-refractivity contribution in [2.45, 2.75) is 11.6 Å². The van der Waals surface area contributed by atoms with E-state index < -0.39 is 0 Å². The van der Waals surface area contributed by atoms with E-state index >= 15 is 0 Å². The van der Waals surface area contributed by atoms with Gasteiger partial charge >= 0.3 is 0 Å². The van der Waals surface area contributed by atoms with Gasteiger partial charge in [-0.25, -0.2) is 5.84 Å². The number of carbonyl (C=O) groups excluding carboxylic acids is 1. The van der Waals surface area contributed by atoms with Crippen molar-refractivity contribution in [2.24, 2.45) is 5.84 Å². The van der Waals surface area contributed by atoms with E-state index in [0.29, 0.717) is 23.3 Å². The predicted octanol–water partition coefficient (Wildman–Crippen LogP) is 1.27. The molecule has 2 heterocycles. The Balaban J connectivity index is 1.89. The second-order valence-electron chi connectivity index (χ2n) is 3.02. The number of nitrogens with two attached hydrogens (primary N) is 1. The number of hydrogen-bond acceptors (Lipinski definition) is 7. The lowest BCUT2D eigenvalue weighted by atomic mass is 10.5. The maximum atomic E-state index is 10.9. The lowest BCUT2D eigenvalue weighted by molar-refractivity contribution is -0.120. The van der Waals surface area contributed by atoms with Gasteiger partial charge in [0.15, 0.2) is 0 Å². The zero-order valence-electron chi connectivity index (χ0n) is 8.75. The molecule has 0 fully saturated rings. The fraction of sp³-hybridized carbons (Fsp3) is 0.222. The van der Waals surface area contributed by atoms with Crippen LogP contribution in [0.1, 0.15) is 6.42 Å². The highest BCUT2D eigenvalue weighted by atomic mass is 32.2. The molecule has 0 saturated carbocycles. The van der Waals surface area contributed by atoms with Crippen molar-refractivity contribution >= 4 is 29.0 Å². The average Bonchev–Trinajstić information content (AvgIpc) is 2.98. The molecule has 0 aliphatic heterocycles. The number of thioether (sulfide) groups is 1. The minimum atomic E-state index is -0.213. The van der Waals surface area contributed by atoms with Gasteiger partial charge in [-0.15, -0.1) is 21.5 Å². The van der Waals surface area contributed by atoms with Crippen molar-refractivity contribution < 1.29 is 9.21 Å². The maximum absolute atomic E-state index is 10.9. The van der Waals surface area contributed by atoms with Crippen LogP contribution in [-0.2, 0) is 4.79 Å². The third-order valence-electron chi connectivity index (χ3n) is 1.85. The Labute approximate surface area is 106 Å². The molecule has 8 heteroatoms. The second-order valence-corrected chi connectivity index (χ2v) is 5.01. The molecule has 0 aliphatic rings. The molecule has 17 heavy (non-hydrogen) atoms. The summed E-state index contributed by atoms with van der Waals surface area (Å²) in [4.78, 5) is 11.8. The summed E-state index contributed by atoms with van der Waals surface area (Å²) in [5, 5.41) is 10.2. The Morgan fingerprint density at radius 1 is 1.59 bits per heavy atom. The molecule has 0 bridgehead atoms. The third-order valence-corrected chi connectivity index (χ3v) is 3.53. The molecule has 0 aliphatic carbocycles. The molecule has 6 nitrogen and oxygen atoms in total. The predicted molar refractivity (Wildman–Crippen MR) is 65.3 cm³/mol. The van der Waals surface area contributed by atoms with Gasteiger partial charge in [0, 0.05) is 12.2 Å². The fourth-order valence-corrected chi connectivity index (χ4v) is 2.41. The van der Waals surface area contributed by atoms with Crippen molar-refractivity contribution in [1.29, 1.82) is 0 Å². The Kier molecular flexibility index (Phi) is 4.13. The summed E-state index contributed by atoms with van der Waals surface area (Å²) in [6.07, 6.45) is 0.317. The molecule has 2 aromatic heterocycles. The molecule has 90 valence electrons. The molecule has 3 N–H and O–H groups in total. The molecular weight excluding hydrogens is 260 g/mol. The number of carbonyl (C=O) groups is 1. The maximum Gasteiger partial charge on any atom is 0.276 e. The first-order chi connectivity index (χ1) is 8.29. The molecule has 0 saturated heterocycles. The smallest absolute Gasteiger partial charge is 0.276 e. The molecule has 0 unspecified atom stereocenters. The molecule has 0 aromatic carbocycles. The van der Waals surface area contributed by atoms with E-state index in [9.17, 15) is 4.79 Å². The lowest BCUT2D eigenvalue weighted by Gasteiger charge is -1.95. The zero-order chi connectivity index (χ0) is 12.1. The third kappa shape index (κ3) is 3.29. The van der Waals surface area contributed by atoms with Gasteiger partial charge < -0.3 is 4.42 Å². The number of rotatable bonds is 5. The van der Waals surface area contributed by atoms with Gasteiger partial charge in [-0.3, -0.25) is 10.2 Å². The Hall–Kier alpha value is -1.38.